The molecule has 2 atom stereocenters. The smallest absolute Gasteiger partial charge is 0.303 e. The van der Waals surface area contributed by atoms with Gasteiger partial charge in [0.25, 0.3) is 0 Å². The first-order valence-electron chi connectivity index (χ1n) is 2.56. The van der Waals surface area contributed by atoms with Crippen LogP contribution in [-0.2, 0) is 4.79 Å². The molecule has 1 fully saturated rings. The van der Waals surface area contributed by atoms with Gasteiger partial charge in [-0.3, -0.25) is 4.79 Å². The van der Waals surface area contributed by atoms with Crippen molar-refractivity contribution in [3.8, 4) is 0 Å². The van der Waals surface area contributed by atoms with E-state index in [2.05, 4.69) is 0 Å². The molecule has 1 saturated carbocycles. The third kappa shape index (κ3) is 1.18. The van der Waals surface area contributed by atoms with E-state index in [1.807, 2.05) is 0 Å². The Bertz CT molecular complexity index is 113. The first-order chi connectivity index (χ1) is 3.70. The molecule has 2 unspecified atom stereocenters. The molecule has 8 heavy (non-hydrogen) atoms. The fraction of sp³-hybridized carbons (Fsp3) is 0.800. The Hall–Kier alpha value is -0.600. The van der Waals surface area contributed by atoms with Gasteiger partial charge in [0, 0.05) is 5.92 Å². The normalized spacial score (nSPS) is 34.6. The average Bonchev–Trinajstić information content (AvgIpc) is 2.17. The average molecular weight is 118 g/mol. The van der Waals surface area contributed by atoms with Gasteiger partial charge in [-0.2, -0.15) is 0 Å². The molecular formula is C5H7FO2. The third-order valence-electron chi connectivity index (χ3n) is 1.27. The fourth-order valence-electron chi connectivity index (χ4n) is 0.646. The molecule has 0 heterocycles. The number of carboxylic acids is 1. The minimum Gasteiger partial charge on any atom is -0.481 e. The van der Waals surface area contributed by atoms with Crippen LogP contribution in [0.3, 0.4) is 0 Å². The Kier molecular flexibility index (Phi) is 1.19. The number of hydrogen-bond acceptors (Lipinski definition) is 1. The zero-order valence-electron chi connectivity index (χ0n) is 4.30. The summed E-state index contributed by atoms with van der Waals surface area (Å²) in [5.74, 6) is -1.07. The molecule has 3 heteroatoms. The highest BCUT2D eigenvalue weighted by Crippen LogP contribution is 2.36. The van der Waals surface area contributed by atoms with Crippen LogP contribution in [0, 0.1) is 5.92 Å². The minimum atomic E-state index is -0.893. The number of rotatable bonds is 2. The SMILES string of the molecule is O=C(O)CC1CC1F. The van der Waals surface area contributed by atoms with Crippen molar-refractivity contribution >= 4 is 5.97 Å². The van der Waals surface area contributed by atoms with Crippen LogP contribution in [0.5, 0.6) is 0 Å². The summed E-state index contributed by atoms with van der Waals surface area (Å²) in [6.07, 6.45) is -0.376. The molecular weight excluding hydrogens is 111 g/mol. The van der Waals surface area contributed by atoms with Crippen molar-refractivity contribution in [1.29, 1.82) is 0 Å². The topological polar surface area (TPSA) is 37.3 Å². The number of carboxylic acid groups (broad SMARTS) is 1. The molecule has 1 aliphatic carbocycles. The highest BCUT2D eigenvalue weighted by atomic mass is 19.1. The van der Waals surface area contributed by atoms with E-state index in [1.54, 1.807) is 0 Å². The summed E-state index contributed by atoms with van der Waals surface area (Å²) in [5, 5.41) is 8.07. The number of halogens is 1. The van der Waals surface area contributed by atoms with Crippen LogP contribution in [0.2, 0.25) is 0 Å². The van der Waals surface area contributed by atoms with Crippen molar-refractivity contribution in [3.63, 3.8) is 0 Å². The standard InChI is InChI=1S/C5H7FO2/c6-4-1-3(4)2-5(7)8/h3-4H,1-2H2,(H,7,8). The Morgan fingerprint density at radius 1 is 1.88 bits per heavy atom. The van der Waals surface area contributed by atoms with Gasteiger partial charge < -0.3 is 5.11 Å². The van der Waals surface area contributed by atoms with Crippen molar-refractivity contribution < 1.29 is 14.3 Å². The van der Waals surface area contributed by atoms with Crippen molar-refractivity contribution in [1.82, 2.24) is 0 Å². The van der Waals surface area contributed by atoms with Gasteiger partial charge >= 0.3 is 5.97 Å². The summed E-state index contributed by atoms with van der Waals surface area (Å²) in [4.78, 5) is 9.83. The monoisotopic (exact) mass is 118 g/mol. The maximum atomic E-state index is 11.9. The highest BCUT2D eigenvalue weighted by molar-refractivity contribution is 5.67. The first-order valence-corrected chi connectivity index (χ1v) is 2.56. The molecule has 0 aromatic heterocycles. The number of carbonyl (C=O) groups is 1. The summed E-state index contributed by atoms with van der Waals surface area (Å²) >= 11 is 0. The lowest BCUT2D eigenvalue weighted by Crippen LogP contribution is -1.96. The predicted molar refractivity (Wildman–Crippen MR) is 25.3 cm³/mol. The van der Waals surface area contributed by atoms with Crippen molar-refractivity contribution in [2.45, 2.75) is 19.0 Å². The highest BCUT2D eigenvalue weighted by Gasteiger charge is 2.38. The summed E-state index contributed by atoms with van der Waals surface area (Å²) in [6.45, 7) is 0. The molecule has 1 rings (SSSR count). The molecule has 0 amide bonds. The van der Waals surface area contributed by atoms with Gasteiger partial charge in [0.2, 0.25) is 0 Å². The largest absolute Gasteiger partial charge is 0.481 e. The number of alkyl halides is 1. The van der Waals surface area contributed by atoms with E-state index >= 15 is 0 Å². The number of hydrogen-bond donors (Lipinski definition) is 1. The molecule has 0 radical (unpaired) electrons. The van der Waals surface area contributed by atoms with E-state index in [4.69, 9.17) is 5.11 Å². The maximum Gasteiger partial charge on any atom is 0.303 e. The van der Waals surface area contributed by atoms with Crippen LogP contribution in [0.15, 0.2) is 0 Å². The van der Waals surface area contributed by atoms with Crippen LogP contribution in [0.1, 0.15) is 12.8 Å². The van der Waals surface area contributed by atoms with Gasteiger partial charge in [0.1, 0.15) is 6.17 Å². The molecule has 0 aromatic rings. The van der Waals surface area contributed by atoms with Gasteiger partial charge in [0.15, 0.2) is 0 Å². The minimum absolute atomic E-state index is 0.00116. The van der Waals surface area contributed by atoms with Gasteiger partial charge in [-0.1, -0.05) is 0 Å². The Morgan fingerprint density at radius 3 is 2.50 bits per heavy atom. The molecule has 1 N–H and O–H groups in total. The van der Waals surface area contributed by atoms with Crippen LogP contribution in [0.25, 0.3) is 0 Å². The Labute approximate surface area is 46.3 Å². The lowest BCUT2D eigenvalue weighted by molar-refractivity contribution is -0.137. The number of aliphatic carboxylic acids is 1. The van der Waals surface area contributed by atoms with E-state index in [0.717, 1.165) is 0 Å². The molecule has 2 nitrogen and oxygen atoms in total. The molecule has 46 valence electrons. The molecule has 0 bridgehead atoms. The summed E-state index contributed by atoms with van der Waals surface area (Å²) < 4.78 is 11.9. The van der Waals surface area contributed by atoms with Gasteiger partial charge in [-0.05, 0) is 6.42 Å². The maximum absolute atomic E-state index is 11.9. The van der Waals surface area contributed by atoms with Gasteiger partial charge in [-0.25, -0.2) is 4.39 Å². The molecule has 1 aliphatic rings. The second-order valence-electron chi connectivity index (χ2n) is 2.11. The van der Waals surface area contributed by atoms with E-state index < -0.39 is 12.1 Å². The lowest BCUT2D eigenvalue weighted by Gasteiger charge is -1.84. The van der Waals surface area contributed by atoms with E-state index in [1.165, 1.54) is 0 Å². The van der Waals surface area contributed by atoms with Crippen molar-refractivity contribution in [2.24, 2.45) is 5.92 Å². The van der Waals surface area contributed by atoms with Crippen LogP contribution >= 0.6 is 0 Å². The van der Waals surface area contributed by atoms with Crippen molar-refractivity contribution in [3.05, 3.63) is 0 Å². The Morgan fingerprint density at radius 2 is 2.38 bits per heavy atom. The van der Waals surface area contributed by atoms with Crippen LogP contribution < -0.4 is 0 Å². The first kappa shape index (κ1) is 5.54. The molecule has 0 aliphatic heterocycles. The van der Waals surface area contributed by atoms with Crippen LogP contribution in [-0.4, -0.2) is 17.2 Å². The summed E-state index contributed by atoms with van der Waals surface area (Å²) in [7, 11) is 0. The van der Waals surface area contributed by atoms with E-state index in [0.29, 0.717) is 6.42 Å². The zero-order valence-corrected chi connectivity index (χ0v) is 4.30. The summed E-state index contributed by atoms with van der Waals surface area (Å²) in [6, 6.07) is 0. The predicted octanol–water partition coefficient (Wildman–Crippen LogP) is 0.819. The molecule has 0 aromatic carbocycles. The van der Waals surface area contributed by atoms with Crippen LogP contribution in [0.4, 0.5) is 4.39 Å². The van der Waals surface area contributed by atoms with E-state index in [9.17, 15) is 9.18 Å². The van der Waals surface area contributed by atoms with E-state index in [-0.39, 0.29) is 12.3 Å². The zero-order chi connectivity index (χ0) is 6.15. The third-order valence-corrected chi connectivity index (χ3v) is 1.27. The van der Waals surface area contributed by atoms with Crippen molar-refractivity contribution in [2.75, 3.05) is 0 Å². The Balaban J connectivity index is 2.14. The quantitative estimate of drug-likeness (QED) is 0.582. The fourth-order valence-corrected chi connectivity index (χ4v) is 0.646. The second-order valence-corrected chi connectivity index (χ2v) is 2.11. The van der Waals surface area contributed by atoms with Gasteiger partial charge in [0.05, 0.1) is 6.42 Å². The lowest BCUT2D eigenvalue weighted by atomic mass is 10.3. The molecule has 0 saturated heterocycles. The second kappa shape index (κ2) is 1.73. The summed E-state index contributed by atoms with van der Waals surface area (Å²) in [5.41, 5.74) is 0. The molecule has 0 spiro atoms. The van der Waals surface area contributed by atoms with Gasteiger partial charge in [-0.15, -0.1) is 0 Å².